The minimum atomic E-state index is -3.95. The van der Waals surface area contributed by atoms with Crippen LogP contribution in [0.25, 0.3) is 0 Å². The molecule has 2 aromatic carbocycles. The minimum Gasteiger partial charge on any atom is -0.324 e. The molecule has 0 radical (unpaired) electrons. The fraction of sp³-hybridized carbons (Fsp3) is 0.455. The molecule has 2 atom stereocenters. The Morgan fingerprint density at radius 3 is 1.85 bits per heavy atom. The Balaban J connectivity index is 0.000000273. The summed E-state index contributed by atoms with van der Waals surface area (Å²) in [6.07, 6.45) is 2.08. The Bertz CT molecular complexity index is 721. The van der Waals surface area contributed by atoms with Crippen molar-refractivity contribution >= 4 is 7.60 Å². The van der Waals surface area contributed by atoms with Gasteiger partial charge < -0.3 is 9.79 Å². The summed E-state index contributed by atoms with van der Waals surface area (Å²) in [5.41, 5.74) is 4.68. The molecule has 0 bridgehead atoms. The van der Waals surface area contributed by atoms with Gasteiger partial charge >= 0.3 is 7.60 Å². The number of aryl methyl sites for hydroxylation is 1. The SMILES string of the molecule is CCC(C)c1cccc(C)c1.CCC(C)c1cccc(CP(=O)(O)O)c1. The second kappa shape index (κ2) is 10.7. The van der Waals surface area contributed by atoms with Crippen molar-refractivity contribution in [2.75, 3.05) is 0 Å². The average Bonchev–Trinajstić information content (AvgIpc) is 2.59. The van der Waals surface area contributed by atoms with Gasteiger partial charge in [0.15, 0.2) is 0 Å². The molecule has 0 spiro atoms. The molecule has 4 heteroatoms. The van der Waals surface area contributed by atoms with Crippen LogP contribution in [0.1, 0.15) is 74.6 Å². The third kappa shape index (κ3) is 8.31. The van der Waals surface area contributed by atoms with Gasteiger partial charge in [0.05, 0.1) is 6.16 Å². The molecule has 0 aromatic heterocycles. The molecular formula is C22H33O3P. The summed E-state index contributed by atoms with van der Waals surface area (Å²) in [6, 6.07) is 16.3. The highest BCUT2D eigenvalue weighted by molar-refractivity contribution is 7.50. The van der Waals surface area contributed by atoms with Crippen molar-refractivity contribution in [1.29, 1.82) is 0 Å². The minimum absolute atomic E-state index is 0.169. The first kappa shape index (κ1) is 22.6. The Morgan fingerprint density at radius 1 is 0.885 bits per heavy atom. The molecule has 0 saturated carbocycles. The Morgan fingerprint density at radius 2 is 1.38 bits per heavy atom. The van der Waals surface area contributed by atoms with Crippen molar-refractivity contribution in [2.24, 2.45) is 0 Å². The van der Waals surface area contributed by atoms with Gasteiger partial charge in [-0.3, -0.25) is 4.57 Å². The normalized spacial score (nSPS) is 13.5. The summed E-state index contributed by atoms with van der Waals surface area (Å²) in [4.78, 5) is 17.7. The van der Waals surface area contributed by atoms with E-state index < -0.39 is 7.60 Å². The monoisotopic (exact) mass is 376 g/mol. The predicted molar refractivity (Wildman–Crippen MR) is 111 cm³/mol. The summed E-state index contributed by atoms with van der Waals surface area (Å²) >= 11 is 0. The van der Waals surface area contributed by atoms with E-state index in [1.165, 1.54) is 17.5 Å². The van der Waals surface area contributed by atoms with E-state index in [1.54, 1.807) is 6.07 Å². The Labute approximate surface area is 158 Å². The molecular weight excluding hydrogens is 343 g/mol. The zero-order valence-corrected chi connectivity index (χ0v) is 17.5. The second-order valence-corrected chi connectivity index (χ2v) is 8.75. The lowest BCUT2D eigenvalue weighted by Crippen LogP contribution is -1.94. The molecule has 0 aliphatic rings. The lowest BCUT2D eigenvalue weighted by Gasteiger charge is -2.11. The molecule has 26 heavy (non-hydrogen) atoms. The largest absolute Gasteiger partial charge is 0.329 e. The second-order valence-electron chi connectivity index (χ2n) is 7.10. The van der Waals surface area contributed by atoms with Crippen LogP contribution in [0.15, 0.2) is 48.5 Å². The van der Waals surface area contributed by atoms with E-state index in [0.29, 0.717) is 17.4 Å². The summed E-state index contributed by atoms with van der Waals surface area (Å²) in [5, 5.41) is 0. The number of rotatable bonds is 6. The Kier molecular flexibility index (Phi) is 9.29. The number of hydrogen-bond donors (Lipinski definition) is 2. The molecule has 2 N–H and O–H groups in total. The van der Waals surface area contributed by atoms with Gasteiger partial charge in [-0.05, 0) is 48.3 Å². The van der Waals surface area contributed by atoms with Crippen LogP contribution >= 0.6 is 7.60 Å². The van der Waals surface area contributed by atoms with Crippen LogP contribution in [0.5, 0.6) is 0 Å². The van der Waals surface area contributed by atoms with E-state index in [4.69, 9.17) is 9.79 Å². The topological polar surface area (TPSA) is 57.5 Å². The van der Waals surface area contributed by atoms with E-state index in [-0.39, 0.29) is 6.16 Å². The molecule has 3 nitrogen and oxygen atoms in total. The maximum atomic E-state index is 10.8. The van der Waals surface area contributed by atoms with Gasteiger partial charge in [-0.2, -0.15) is 0 Å². The van der Waals surface area contributed by atoms with Crippen molar-refractivity contribution in [1.82, 2.24) is 0 Å². The molecule has 0 amide bonds. The fourth-order valence-electron chi connectivity index (χ4n) is 2.68. The molecule has 0 fully saturated rings. The van der Waals surface area contributed by atoms with Gasteiger partial charge in [-0.15, -0.1) is 0 Å². The third-order valence-electron chi connectivity index (χ3n) is 4.74. The van der Waals surface area contributed by atoms with Crippen molar-refractivity contribution in [3.05, 3.63) is 70.8 Å². The summed E-state index contributed by atoms with van der Waals surface area (Å²) in [7, 11) is -3.95. The van der Waals surface area contributed by atoms with Crippen LogP contribution in [-0.4, -0.2) is 9.79 Å². The summed E-state index contributed by atoms with van der Waals surface area (Å²) < 4.78 is 10.8. The third-order valence-corrected chi connectivity index (χ3v) is 5.52. The van der Waals surface area contributed by atoms with Gasteiger partial charge in [0.1, 0.15) is 0 Å². The van der Waals surface area contributed by atoms with Crippen LogP contribution in [0.4, 0.5) is 0 Å². The van der Waals surface area contributed by atoms with Gasteiger partial charge in [-0.25, -0.2) is 0 Å². The van der Waals surface area contributed by atoms with Gasteiger partial charge in [0.2, 0.25) is 0 Å². The molecule has 2 aromatic rings. The van der Waals surface area contributed by atoms with Crippen molar-refractivity contribution in [2.45, 2.75) is 65.5 Å². The van der Waals surface area contributed by atoms with Crippen molar-refractivity contribution < 1.29 is 14.4 Å². The van der Waals surface area contributed by atoms with E-state index in [0.717, 1.165) is 12.0 Å². The summed E-state index contributed by atoms with van der Waals surface area (Å²) in [5.74, 6) is 1.14. The van der Waals surface area contributed by atoms with E-state index >= 15 is 0 Å². The van der Waals surface area contributed by atoms with Gasteiger partial charge in [0.25, 0.3) is 0 Å². The maximum Gasteiger partial charge on any atom is 0.329 e. The summed E-state index contributed by atoms with van der Waals surface area (Å²) in [6.45, 7) is 10.9. The van der Waals surface area contributed by atoms with E-state index in [2.05, 4.69) is 58.9 Å². The van der Waals surface area contributed by atoms with Crippen LogP contribution in [-0.2, 0) is 10.7 Å². The molecule has 0 aliphatic heterocycles. The van der Waals surface area contributed by atoms with Crippen LogP contribution in [0, 0.1) is 6.92 Å². The molecule has 2 rings (SSSR count). The molecule has 0 aliphatic carbocycles. The average molecular weight is 376 g/mol. The quantitative estimate of drug-likeness (QED) is 0.575. The van der Waals surface area contributed by atoms with E-state index in [9.17, 15) is 4.57 Å². The fourth-order valence-corrected chi connectivity index (χ4v) is 3.36. The molecule has 2 unspecified atom stereocenters. The van der Waals surface area contributed by atoms with Gasteiger partial charge in [-0.1, -0.05) is 81.8 Å². The Hall–Kier alpha value is -1.41. The lowest BCUT2D eigenvalue weighted by molar-refractivity contribution is 0.371. The standard InChI is InChI=1S/C11H17O3P.C11H16/c1-3-9(2)11-6-4-5-10(7-11)8-15(12,13)14;1-4-10(3)11-7-5-6-9(2)8-11/h4-7,9H,3,8H2,1-2H3,(H2,12,13,14);5-8,10H,4H2,1-3H3. The van der Waals surface area contributed by atoms with Crippen molar-refractivity contribution in [3.63, 3.8) is 0 Å². The first-order chi connectivity index (χ1) is 12.2. The number of hydrogen-bond acceptors (Lipinski definition) is 1. The zero-order chi connectivity index (χ0) is 19.7. The van der Waals surface area contributed by atoms with E-state index in [1.807, 2.05) is 18.2 Å². The molecule has 0 saturated heterocycles. The van der Waals surface area contributed by atoms with Crippen LogP contribution in [0.2, 0.25) is 0 Å². The highest BCUT2D eigenvalue weighted by Crippen LogP contribution is 2.39. The lowest BCUT2D eigenvalue weighted by atomic mass is 9.97. The predicted octanol–water partition coefficient (Wildman–Crippen LogP) is 6.39. The maximum absolute atomic E-state index is 10.8. The zero-order valence-electron chi connectivity index (χ0n) is 16.6. The first-order valence-electron chi connectivity index (χ1n) is 9.36. The number of benzene rings is 2. The highest BCUT2D eigenvalue weighted by atomic mass is 31.2. The highest BCUT2D eigenvalue weighted by Gasteiger charge is 2.14. The smallest absolute Gasteiger partial charge is 0.324 e. The van der Waals surface area contributed by atoms with Crippen LogP contribution < -0.4 is 0 Å². The van der Waals surface area contributed by atoms with Crippen LogP contribution in [0.3, 0.4) is 0 Å². The van der Waals surface area contributed by atoms with Gasteiger partial charge in [0, 0.05) is 0 Å². The van der Waals surface area contributed by atoms with Crippen molar-refractivity contribution in [3.8, 4) is 0 Å². The molecule has 0 heterocycles. The first-order valence-corrected chi connectivity index (χ1v) is 11.2. The molecule has 144 valence electrons.